The molecule has 0 radical (unpaired) electrons. The second kappa shape index (κ2) is 14.6. The Labute approximate surface area is 265 Å². The zero-order valence-electron chi connectivity index (χ0n) is 26.5. The highest BCUT2D eigenvalue weighted by atomic mass is 16.5. The van der Waals surface area contributed by atoms with Crippen molar-refractivity contribution in [1.82, 2.24) is 20.4 Å². The number of nitrogens with one attached hydrogen (secondary N) is 2. The summed E-state index contributed by atoms with van der Waals surface area (Å²) >= 11 is 0. The monoisotopic (exact) mass is 622 g/mol. The van der Waals surface area contributed by atoms with Crippen LogP contribution in [0, 0.1) is 5.92 Å². The molecule has 2 atom stereocenters. The number of hydrogen-bond donors (Lipinski definition) is 3. The number of piperazine rings is 1. The van der Waals surface area contributed by atoms with E-state index >= 15 is 0 Å². The highest BCUT2D eigenvalue weighted by Crippen LogP contribution is 2.36. The first-order chi connectivity index (χ1) is 21.8. The number of carbonyl (C=O) groups excluding carboxylic acids is 3. The second-order valence-corrected chi connectivity index (χ2v) is 12.2. The molecule has 2 aromatic rings. The first kappa shape index (κ1) is 32.7. The van der Waals surface area contributed by atoms with Gasteiger partial charge in [-0.15, -0.1) is 0 Å². The number of hydrogen-bond acceptors (Lipinski definition) is 8. The summed E-state index contributed by atoms with van der Waals surface area (Å²) in [5, 5.41) is 16.7. The van der Waals surface area contributed by atoms with Crippen LogP contribution in [0.15, 0.2) is 42.5 Å². The zero-order chi connectivity index (χ0) is 32.0. The number of aliphatic hydroxyl groups excluding tert-OH is 1. The van der Waals surface area contributed by atoms with Crippen LogP contribution in [0.4, 0.5) is 0 Å². The number of likely N-dealkylation sites (tertiary alicyclic amines) is 1. The molecule has 5 rings (SSSR count). The van der Waals surface area contributed by atoms with E-state index in [1.165, 1.54) is 7.11 Å². The molecular formula is C34H46N4O7. The van der Waals surface area contributed by atoms with Gasteiger partial charge < -0.3 is 34.9 Å². The Morgan fingerprint density at radius 1 is 1.11 bits per heavy atom. The van der Waals surface area contributed by atoms with E-state index in [9.17, 15) is 19.5 Å². The van der Waals surface area contributed by atoms with Crippen LogP contribution in [-0.4, -0.2) is 97.3 Å². The summed E-state index contributed by atoms with van der Waals surface area (Å²) in [7, 11) is 3.11. The molecule has 11 heteroatoms. The van der Waals surface area contributed by atoms with Gasteiger partial charge in [-0.05, 0) is 73.9 Å². The maximum absolute atomic E-state index is 13.8. The lowest BCUT2D eigenvalue weighted by Gasteiger charge is -2.52. The van der Waals surface area contributed by atoms with Crippen LogP contribution in [0.3, 0.4) is 0 Å². The number of nitrogens with zero attached hydrogens (tertiary/aromatic N) is 2. The van der Waals surface area contributed by atoms with Crippen LogP contribution < -0.4 is 20.1 Å². The largest absolute Gasteiger partial charge is 0.493 e. The minimum absolute atomic E-state index is 0.0645. The van der Waals surface area contributed by atoms with Gasteiger partial charge in [-0.3, -0.25) is 19.3 Å². The lowest BCUT2D eigenvalue weighted by atomic mass is 9.79. The van der Waals surface area contributed by atoms with Gasteiger partial charge in [-0.2, -0.15) is 0 Å². The van der Waals surface area contributed by atoms with E-state index < -0.39 is 17.7 Å². The molecular weight excluding hydrogens is 576 g/mol. The molecule has 3 amide bonds. The lowest BCUT2D eigenvalue weighted by Crippen LogP contribution is -2.75. The normalized spacial score (nSPS) is 21.3. The van der Waals surface area contributed by atoms with Gasteiger partial charge in [0.25, 0.3) is 5.91 Å². The third-order valence-electron chi connectivity index (χ3n) is 9.48. The fraction of sp³-hybridized carbons (Fsp3) is 0.559. The maximum Gasteiger partial charge on any atom is 0.251 e. The minimum atomic E-state index is -0.915. The SMILES string of the molecule is CCCCN1C(=O)[C@@H]([C@H](O)C2CCOCC2)NC(=O)C12CCN(Cc1ccc(Oc3ccc(C(=O)NC)cc3OC)cc1)CC2. The average Bonchev–Trinajstić information content (AvgIpc) is 3.08. The van der Waals surface area contributed by atoms with Gasteiger partial charge in [0.15, 0.2) is 11.5 Å². The first-order valence-electron chi connectivity index (χ1n) is 16.1. The third-order valence-corrected chi connectivity index (χ3v) is 9.48. The van der Waals surface area contributed by atoms with E-state index in [0.717, 1.165) is 18.4 Å². The number of amides is 3. The number of carbonyl (C=O) groups is 3. The number of rotatable bonds is 11. The number of piperidine rings is 1. The molecule has 3 heterocycles. The van der Waals surface area contributed by atoms with Gasteiger partial charge in [-0.25, -0.2) is 0 Å². The van der Waals surface area contributed by atoms with Crippen molar-refractivity contribution in [2.75, 3.05) is 47.0 Å². The summed E-state index contributed by atoms with van der Waals surface area (Å²) in [6.07, 6.45) is 3.26. The Kier molecular flexibility index (Phi) is 10.6. The summed E-state index contributed by atoms with van der Waals surface area (Å²) in [4.78, 5) is 43.6. The Morgan fingerprint density at radius 2 is 1.82 bits per heavy atom. The molecule has 244 valence electrons. The quantitative estimate of drug-likeness (QED) is 0.349. The van der Waals surface area contributed by atoms with Crippen molar-refractivity contribution in [2.24, 2.45) is 5.92 Å². The van der Waals surface area contributed by atoms with Crippen molar-refractivity contribution in [3.05, 3.63) is 53.6 Å². The van der Waals surface area contributed by atoms with E-state index in [-0.39, 0.29) is 23.6 Å². The standard InChI is InChI=1S/C34H46N4O7/c1-4-5-16-38-32(41)29(30(39)24-12-19-44-20-13-24)36-33(42)34(38)14-17-37(18-15-34)22-23-6-9-26(10-7-23)45-27-11-8-25(31(40)35-2)21-28(27)43-3/h6-11,21,24,29-30,39H,4-5,12-20,22H2,1-3H3,(H,35,40)(H,36,42)/t29-,30-/m1/s1. The summed E-state index contributed by atoms with van der Waals surface area (Å²) < 4.78 is 16.9. The van der Waals surface area contributed by atoms with Crippen LogP contribution in [0.2, 0.25) is 0 Å². The van der Waals surface area contributed by atoms with Crippen molar-refractivity contribution in [3.63, 3.8) is 0 Å². The van der Waals surface area contributed by atoms with Gasteiger partial charge >= 0.3 is 0 Å². The topological polar surface area (TPSA) is 130 Å². The molecule has 3 aliphatic heterocycles. The van der Waals surface area contributed by atoms with Crippen molar-refractivity contribution in [3.8, 4) is 17.2 Å². The molecule has 3 saturated heterocycles. The Balaban J connectivity index is 1.21. The first-order valence-corrected chi connectivity index (χ1v) is 16.1. The molecule has 0 aromatic heterocycles. The van der Waals surface area contributed by atoms with Gasteiger partial charge in [0.2, 0.25) is 11.8 Å². The van der Waals surface area contributed by atoms with Crippen LogP contribution >= 0.6 is 0 Å². The van der Waals surface area contributed by atoms with E-state index in [4.69, 9.17) is 14.2 Å². The predicted octanol–water partition coefficient (Wildman–Crippen LogP) is 3.10. The highest BCUT2D eigenvalue weighted by Gasteiger charge is 2.55. The Hall–Kier alpha value is -3.67. The molecule has 3 aliphatic rings. The number of aliphatic hydroxyl groups is 1. The number of methoxy groups -OCH3 is 1. The minimum Gasteiger partial charge on any atom is -0.493 e. The fourth-order valence-corrected chi connectivity index (χ4v) is 6.70. The molecule has 3 N–H and O–H groups in total. The molecule has 3 fully saturated rings. The zero-order valence-corrected chi connectivity index (χ0v) is 26.5. The molecule has 0 saturated carbocycles. The number of benzene rings is 2. The summed E-state index contributed by atoms with van der Waals surface area (Å²) in [6.45, 7) is 5.76. The maximum atomic E-state index is 13.8. The molecule has 1 spiro atoms. The number of ether oxygens (including phenoxy) is 3. The number of unbranched alkanes of at least 4 members (excludes halogenated alkanes) is 1. The van der Waals surface area contributed by atoms with Crippen molar-refractivity contribution in [2.45, 2.75) is 69.7 Å². The fourth-order valence-electron chi connectivity index (χ4n) is 6.70. The Bertz CT molecular complexity index is 1340. The summed E-state index contributed by atoms with van der Waals surface area (Å²) in [5.41, 5.74) is 0.696. The van der Waals surface area contributed by atoms with Gasteiger partial charge in [-0.1, -0.05) is 25.5 Å². The van der Waals surface area contributed by atoms with Crippen LogP contribution in [0.25, 0.3) is 0 Å². The average molecular weight is 623 g/mol. The van der Waals surface area contributed by atoms with Crippen LogP contribution in [-0.2, 0) is 20.9 Å². The molecule has 45 heavy (non-hydrogen) atoms. The van der Waals surface area contributed by atoms with Gasteiger partial charge in [0, 0.05) is 52.0 Å². The summed E-state index contributed by atoms with van der Waals surface area (Å²) in [5.74, 6) is 1.04. The predicted molar refractivity (Wildman–Crippen MR) is 168 cm³/mol. The van der Waals surface area contributed by atoms with Crippen molar-refractivity contribution < 1.29 is 33.7 Å². The van der Waals surface area contributed by atoms with Crippen molar-refractivity contribution in [1.29, 1.82) is 0 Å². The third kappa shape index (κ3) is 7.10. The molecule has 0 bridgehead atoms. The van der Waals surface area contributed by atoms with E-state index in [1.807, 2.05) is 24.3 Å². The van der Waals surface area contributed by atoms with Gasteiger partial charge in [0.1, 0.15) is 17.3 Å². The Morgan fingerprint density at radius 3 is 2.47 bits per heavy atom. The smallest absolute Gasteiger partial charge is 0.251 e. The second-order valence-electron chi connectivity index (χ2n) is 12.2. The van der Waals surface area contributed by atoms with E-state index in [1.54, 1.807) is 30.1 Å². The van der Waals surface area contributed by atoms with Crippen molar-refractivity contribution >= 4 is 17.7 Å². The van der Waals surface area contributed by atoms with Gasteiger partial charge in [0.05, 0.1) is 13.2 Å². The van der Waals surface area contributed by atoms with E-state index in [2.05, 4.69) is 22.5 Å². The van der Waals surface area contributed by atoms with Crippen LogP contribution in [0.1, 0.15) is 61.4 Å². The lowest BCUT2D eigenvalue weighted by molar-refractivity contribution is -0.166. The van der Waals surface area contributed by atoms with E-state index in [0.29, 0.717) is 87.9 Å². The molecule has 2 aromatic carbocycles. The summed E-state index contributed by atoms with van der Waals surface area (Å²) in [6, 6.07) is 12.0. The molecule has 0 unspecified atom stereocenters. The molecule has 0 aliphatic carbocycles. The van der Waals surface area contributed by atoms with Crippen LogP contribution in [0.5, 0.6) is 17.2 Å². The highest BCUT2D eigenvalue weighted by molar-refractivity contribution is 6.00. The molecule has 11 nitrogen and oxygen atoms in total.